The van der Waals surface area contributed by atoms with Gasteiger partial charge >= 0.3 is 0 Å². The first kappa shape index (κ1) is 28.5. The molecule has 1 aliphatic heterocycles. The van der Waals surface area contributed by atoms with E-state index in [-0.39, 0.29) is 57.4 Å². The fourth-order valence-electron chi connectivity index (χ4n) is 4.90. The minimum atomic E-state index is -1.64. The van der Waals surface area contributed by atoms with Crippen LogP contribution in [0.3, 0.4) is 0 Å². The molecule has 0 aliphatic carbocycles. The van der Waals surface area contributed by atoms with Gasteiger partial charge in [-0.2, -0.15) is 0 Å². The number of nitrogens with zero attached hydrogens (tertiary/aromatic N) is 5. The van der Waals surface area contributed by atoms with Gasteiger partial charge in [0.05, 0.1) is 38.7 Å². The molecule has 1 aliphatic rings. The number of primary amides is 1. The Morgan fingerprint density at radius 2 is 1.85 bits per heavy atom. The summed E-state index contributed by atoms with van der Waals surface area (Å²) in [5.74, 6) is -1.92. The standard InChI is InChI=1S/C27H26Cl2FN7O4/c1-35-5-3-27(30,4-6-35)20-9-19(18(29)10-32-20)34-21(38)12-37-11-16(22-25(37)33-13-36(2)26(22)41)14-7-15(24(31)40)23(39)17(28)8-14/h7-11,13,39H,3-6,12H2,1-2H3,(H2,31,40)(H,32,34,38). The zero-order valence-electron chi connectivity index (χ0n) is 22.1. The van der Waals surface area contributed by atoms with Gasteiger partial charge in [-0.15, -0.1) is 0 Å². The van der Waals surface area contributed by atoms with Crippen molar-refractivity contribution in [1.29, 1.82) is 0 Å². The molecule has 0 unspecified atom stereocenters. The van der Waals surface area contributed by atoms with Crippen molar-refractivity contribution in [3.05, 3.63) is 68.6 Å². The number of rotatable bonds is 6. The molecule has 14 heteroatoms. The number of aromatic nitrogens is 4. The predicted octanol–water partition coefficient (Wildman–Crippen LogP) is 3.44. The fourth-order valence-corrected chi connectivity index (χ4v) is 5.27. The Morgan fingerprint density at radius 3 is 2.54 bits per heavy atom. The van der Waals surface area contributed by atoms with Crippen molar-refractivity contribution in [2.24, 2.45) is 12.8 Å². The Kier molecular flexibility index (Phi) is 7.49. The minimum absolute atomic E-state index is 0.140. The highest BCUT2D eigenvalue weighted by Gasteiger charge is 2.37. The maximum atomic E-state index is 15.7. The van der Waals surface area contributed by atoms with E-state index in [1.54, 1.807) is 0 Å². The number of anilines is 1. The van der Waals surface area contributed by atoms with Crippen molar-refractivity contribution in [3.8, 4) is 16.9 Å². The van der Waals surface area contributed by atoms with Gasteiger partial charge in [0, 0.05) is 38.1 Å². The van der Waals surface area contributed by atoms with Crippen LogP contribution >= 0.6 is 23.2 Å². The molecule has 5 rings (SSSR count). The lowest BCUT2D eigenvalue weighted by Gasteiger charge is -2.34. The van der Waals surface area contributed by atoms with Gasteiger partial charge in [-0.1, -0.05) is 23.2 Å². The second kappa shape index (κ2) is 10.8. The average molecular weight is 602 g/mol. The number of nitrogens with one attached hydrogen (secondary N) is 1. The van der Waals surface area contributed by atoms with Crippen molar-refractivity contribution < 1.29 is 19.1 Å². The summed E-state index contributed by atoms with van der Waals surface area (Å²) in [4.78, 5) is 48.8. The van der Waals surface area contributed by atoms with Gasteiger partial charge in [-0.25, -0.2) is 9.37 Å². The highest BCUT2D eigenvalue weighted by Crippen LogP contribution is 2.38. The summed E-state index contributed by atoms with van der Waals surface area (Å²) in [5.41, 5.74) is 4.32. The van der Waals surface area contributed by atoms with Crippen LogP contribution in [0.4, 0.5) is 10.1 Å². The van der Waals surface area contributed by atoms with E-state index in [0.29, 0.717) is 24.2 Å². The van der Waals surface area contributed by atoms with Gasteiger partial charge in [-0.05, 0) is 43.7 Å². The first-order valence-corrected chi connectivity index (χ1v) is 13.3. The number of aromatic hydroxyl groups is 1. The van der Waals surface area contributed by atoms with E-state index < -0.39 is 28.8 Å². The Hall–Kier alpha value is -4.00. The molecule has 1 aromatic carbocycles. The van der Waals surface area contributed by atoms with Crippen LogP contribution in [0.1, 0.15) is 28.9 Å². The number of carbonyl (C=O) groups is 2. The monoisotopic (exact) mass is 601 g/mol. The van der Waals surface area contributed by atoms with Crippen LogP contribution in [0.5, 0.6) is 5.75 Å². The lowest BCUT2D eigenvalue weighted by atomic mass is 9.89. The third kappa shape index (κ3) is 5.37. The Labute approximate surface area is 243 Å². The summed E-state index contributed by atoms with van der Waals surface area (Å²) in [6.07, 6.45) is 4.67. The molecule has 4 N–H and O–H groups in total. The maximum Gasteiger partial charge on any atom is 0.263 e. The molecule has 3 aromatic heterocycles. The molecule has 0 atom stereocenters. The van der Waals surface area contributed by atoms with Crippen molar-refractivity contribution >= 4 is 51.7 Å². The molecule has 0 radical (unpaired) electrons. The summed E-state index contributed by atoms with van der Waals surface area (Å²) in [6, 6.07) is 4.13. The molecule has 2 amide bonds. The van der Waals surface area contributed by atoms with E-state index >= 15 is 4.39 Å². The molecule has 0 saturated carbocycles. The summed E-state index contributed by atoms with van der Waals surface area (Å²) in [7, 11) is 3.45. The van der Waals surface area contributed by atoms with Crippen molar-refractivity contribution in [1.82, 2.24) is 24.0 Å². The number of hydrogen-bond donors (Lipinski definition) is 3. The van der Waals surface area contributed by atoms with Crippen LogP contribution in [-0.4, -0.2) is 61.1 Å². The van der Waals surface area contributed by atoms with Gasteiger partial charge in [0.2, 0.25) is 5.91 Å². The van der Waals surface area contributed by atoms with Crippen molar-refractivity contribution in [3.63, 3.8) is 0 Å². The van der Waals surface area contributed by atoms with E-state index in [9.17, 15) is 19.5 Å². The molecule has 41 heavy (non-hydrogen) atoms. The Balaban J connectivity index is 1.50. The zero-order chi connectivity index (χ0) is 29.6. The second-order valence-corrected chi connectivity index (χ2v) is 10.9. The average Bonchev–Trinajstić information content (AvgIpc) is 3.29. The maximum absolute atomic E-state index is 15.7. The summed E-state index contributed by atoms with van der Waals surface area (Å²) >= 11 is 12.4. The molecule has 1 saturated heterocycles. The van der Waals surface area contributed by atoms with Crippen molar-refractivity contribution in [2.45, 2.75) is 25.1 Å². The molecule has 4 heterocycles. The number of likely N-dealkylation sites (tertiary alicyclic amines) is 1. The van der Waals surface area contributed by atoms with Gasteiger partial charge in [0.15, 0.2) is 5.67 Å². The Bertz CT molecular complexity index is 1760. The van der Waals surface area contributed by atoms with Gasteiger partial charge in [-0.3, -0.25) is 19.4 Å². The first-order chi connectivity index (χ1) is 19.4. The third-order valence-corrected chi connectivity index (χ3v) is 7.85. The molecular formula is C27H26Cl2FN7O4. The molecule has 11 nitrogen and oxygen atoms in total. The second-order valence-electron chi connectivity index (χ2n) is 10.1. The number of nitrogens with two attached hydrogens (primary N) is 1. The van der Waals surface area contributed by atoms with E-state index in [4.69, 9.17) is 28.9 Å². The zero-order valence-corrected chi connectivity index (χ0v) is 23.6. The summed E-state index contributed by atoms with van der Waals surface area (Å²) in [5, 5.41) is 13.0. The largest absolute Gasteiger partial charge is 0.506 e. The SMILES string of the molecule is CN1CCC(F)(c2cc(NC(=O)Cn3cc(-c4cc(Cl)c(O)c(C(N)=O)c4)c4c(=O)n(C)cnc43)c(Cl)cn2)CC1. The van der Waals surface area contributed by atoms with Crippen LogP contribution in [0, 0.1) is 0 Å². The van der Waals surface area contributed by atoms with Crippen molar-refractivity contribution in [2.75, 3.05) is 25.5 Å². The lowest BCUT2D eigenvalue weighted by molar-refractivity contribution is -0.116. The highest BCUT2D eigenvalue weighted by molar-refractivity contribution is 6.33. The highest BCUT2D eigenvalue weighted by atomic mass is 35.5. The minimum Gasteiger partial charge on any atom is -0.506 e. The van der Waals surface area contributed by atoms with Crippen LogP contribution in [0.2, 0.25) is 10.0 Å². The number of aryl methyl sites for hydroxylation is 1. The number of alkyl halides is 1. The van der Waals surface area contributed by atoms with Crippen LogP contribution in [0.25, 0.3) is 22.2 Å². The van der Waals surface area contributed by atoms with E-state index in [0.717, 1.165) is 0 Å². The van der Waals surface area contributed by atoms with Gasteiger partial charge in [0.1, 0.15) is 17.9 Å². The van der Waals surface area contributed by atoms with Crippen LogP contribution in [-0.2, 0) is 24.1 Å². The number of amides is 2. The molecule has 0 spiro atoms. The molecule has 4 aromatic rings. The van der Waals surface area contributed by atoms with Gasteiger partial charge in [0.25, 0.3) is 11.5 Å². The molecule has 214 valence electrons. The van der Waals surface area contributed by atoms with E-state index in [2.05, 4.69) is 15.3 Å². The van der Waals surface area contributed by atoms with E-state index in [1.165, 1.54) is 53.1 Å². The normalized spacial score (nSPS) is 15.2. The molecular weight excluding hydrogens is 576 g/mol. The number of phenols is 1. The summed E-state index contributed by atoms with van der Waals surface area (Å²) < 4.78 is 18.4. The first-order valence-electron chi connectivity index (χ1n) is 12.6. The quantitative estimate of drug-likeness (QED) is 0.306. The lowest BCUT2D eigenvalue weighted by Crippen LogP contribution is -2.38. The molecule has 0 bridgehead atoms. The number of pyridine rings is 1. The van der Waals surface area contributed by atoms with Crippen LogP contribution in [0.15, 0.2) is 41.7 Å². The number of carbonyl (C=O) groups excluding carboxylic acids is 2. The predicted molar refractivity (Wildman–Crippen MR) is 153 cm³/mol. The summed E-state index contributed by atoms with van der Waals surface area (Å²) in [6.45, 7) is 0.862. The number of fused-ring (bicyclic) bond motifs is 1. The number of halogens is 3. The van der Waals surface area contributed by atoms with Gasteiger partial charge < -0.3 is 30.2 Å². The Morgan fingerprint density at radius 1 is 1.15 bits per heavy atom. The molecule has 1 fully saturated rings. The smallest absolute Gasteiger partial charge is 0.263 e. The fraction of sp³-hybridized carbons (Fsp3) is 0.296. The third-order valence-electron chi connectivity index (χ3n) is 7.26. The number of hydrogen-bond acceptors (Lipinski definition) is 7. The number of benzene rings is 1. The topological polar surface area (TPSA) is 148 Å². The number of piperidine rings is 1. The van der Waals surface area contributed by atoms with Crippen LogP contribution < -0.4 is 16.6 Å². The van der Waals surface area contributed by atoms with E-state index in [1.807, 2.05) is 11.9 Å².